The van der Waals surface area contributed by atoms with Crippen LogP contribution in [-0.4, -0.2) is 53.6 Å². The van der Waals surface area contributed by atoms with Crippen molar-refractivity contribution in [3.63, 3.8) is 0 Å². The van der Waals surface area contributed by atoms with Crippen molar-refractivity contribution < 1.29 is 17.6 Å². The monoisotopic (exact) mass is 430 g/mol. The van der Waals surface area contributed by atoms with Crippen LogP contribution < -0.4 is 5.56 Å². The first-order chi connectivity index (χ1) is 14.2. The largest absolute Gasteiger partial charge is 0.334 e. The van der Waals surface area contributed by atoms with E-state index in [4.69, 9.17) is 0 Å². The Labute approximate surface area is 172 Å². The van der Waals surface area contributed by atoms with Crippen LogP contribution in [0.25, 0.3) is 5.65 Å². The number of aromatic nitrogens is 2. The van der Waals surface area contributed by atoms with Gasteiger partial charge >= 0.3 is 0 Å². The molecule has 1 aliphatic heterocycles. The third-order valence-electron chi connectivity index (χ3n) is 5.10. The van der Waals surface area contributed by atoms with Gasteiger partial charge in [0.25, 0.3) is 11.5 Å². The third kappa shape index (κ3) is 3.37. The van der Waals surface area contributed by atoms with E-state index >= 15 is 0 Å². The highest BCUT2D eigenvalue weighted by Crippen LogP contribution is 2.19. The van der Waals surface area contributed by atoms with E-state index in [-0.39, 0.29) is 17.3 Å². The van der Waals surface area contributed by atoms with Crippen LogP contribution in [0.15, 0.2) is 52.3 Å². The van der Waals surface area contributed by atoms with Gasteiger partial charge in [-0.05, 0) is 36.4 Å². The quantitative estimate of drug-likeness (QED) is 0.624. The van der Waals surface area contributed by atoms with Crippen molar-refractivity contribution in [3.8, 4) is 0 Å². The Balaban J connectivity index is 1.63. The standard InChI is InChI=1S/C20H19FN4O4S/c1-23(2)30(28,29)15-6-3-13(4-7-15)19(26)24-10-9-17-16(12-24)20(27)25-11-14(21)5-8-18(25)22-17/h3-8,11H,9-10,12H2,1-2H3. The highest BCUT2D eigenvalue weighted by atomic mass is 32.2. The lowest BCUT2D eigenvalue weighted by Gasteiger charge is -2.28. The molecule has 10 heteroatoms. The van der Waals surface area contributed by atoms with Crippen molar-refractivity contribution in [2.45, 2.75) is 17.9 Å². The highest BCUT2D eigenvalue weighted by molar-refractivity contribution is 7.89. The zero-order valence-electron chi connectivity index (χ0n) is 16.4. The van der Waals surface area contributed by atoms with E-state index in [0.29, 0.717) is 35.4 Å². The van der Waals surface area contributed by atoms with Gasteiger partial charge in [0.05, 0.1) is 22.7 Å². The molecule has 2 aromatic heterocycles. The van der Waals surface area contributed by atoms with Gasteiger partial charge in [-0.2, -0.15) is 0 Å². The Kier molecular flexibility index (Phi) is 4.91. The third-order valence-corrected chi connectivity index (χ3v) is 6.93. The minimum absolute atomic E-state index is 0.0528. The molecule has 0 aliphatic carbocycles. The fourth-order valence-corrected chi connectivity index (χ4v) is 4.31. The average Bonchev–Trinajstić information content (AvgIpc) is 2.74. The maximum atomic E-state index is 13.5. The van der Waals surface area contributed by atoms with E-state index in [2.05, 4.69) is 4.98 Å². The molecule has 8 nitrogen and oxygen atoms in total. The number of hydrogen-bond donors (Lipinski definition) is 0. The van der Waals surface area contributed by atoms with E-state index in [9.17, 15) is 22.4 Å². The highest BCUT2D eigenvalue weighted by Gasteiger charge is 2.26. The van der Waals surface area contributed by atoms with Gasteiger partial charge in [0.2, 0.25) is 10.0 Å². The van der Waals surface area contributed by atoms with Crippen LogP contribution in [0.5, 0.6) is 0 Å². The topological polar surface area (TPSA) is 92.1 Å². The van der Waals surface area contributed by atoms with E-state index in [0.717, 1.165) is 14.9 Å². The first-order valence-corrected chi connectivity index (χ1v) is 10.6. The summed E-state index contributed by atoms with van der Waals surface area (Å²) in [6.45, 7) is 0.421. The average molecular weight is 430 g/mol. The lowest BCUT2D eigenvalue weighted by atomic mass is 10.1. The minimum atomic E-state index is -3.59. The predicted molar refractivity (Wildman–Crippen MR) is 107 cm³/mol. The molecule has 0 radical (unpaired) electrons. The maximum absolute atomic E-state index is 13.5. The molecule has 0 N–H and O–H groups in total. The van der Waals surface area contributed by atoms with Gasteiger partial charge in [0, 0.05) is 38.8 Å². The molecule has 0 fully saturated rings. The fraction of sp³-hybridized carbons (Fsp3) is 0.250. The van der Waals surface area contributed by atoms with Gasteiger partial charge in [0.15, 0.2) is 0 Å². The molecule has 0 bridgehead atoms. The molecular weight excluding hydrogens is 411 g/mol. The van der Waals surface area contributed by atoms with Crippen LogP contribution in [0.3, 0.4) is 0 Å². The summed E-state index contributed by atoms with van der Waals surface area (Å²) >= 11 is 0. The number of benzene rings is 1. The molecule has 0 saturated heterocycles. The number of carbonyl (C=O) groups is 1. The minimum Gasteiger partial charge on any atom is -0.334 e. The summed E-state index contributed by atoms with van der Waals surface area (Å²) in [5, 5.41) is 0. The van der Waals surface area contributed by atoms with E-state index in [1.807, 2.05) is 0 Å². The first kappa shape index (κ1) is 20.2. The zero-order chi connectivity index (χ0) is 21.6. The Bertz CT molecular complexity index is 1320. The second-order valence-corrected chi connectivity index (χ2v) is 9.36. The number of halogens is 1. The zero-order valence-corrected chi connectivity index (χ0v) is 17.2. The number of rotatable bonds is 3. The number of amides is 1. The van der Waals surface area contributed by atoms with Crippen LogP contribution in [-0.2, 0) is 23.0 Å². The molecule has 156 valence electrons. The first-order valence-electron chi connectivity index (χ1n) is 9.20. The van der Waals surface area contributed by atoms with Crippen LogP contribution >= 0.6 is 0 Å². The molecule has 30 heavy (non-hydrogen) atoms. The number of pyridine rings is 1. The molecule has 1 aliphatic rings. The Morgan fingerprint density at radius 2 is 1.83 bits per heavy atom. The number of nitrogens with zero attached hydrogens (tertiary/aromatic N) is 4. The SMILES string of the molecule is CN(C)S(=O)(=O)c1ccc(C(=O)N2CCc3nc4ccc(F)cn4c(=O)c3C2)cc1. The Morgan fingerprint density at radius 1 is 1.13 bits per heavy atom. The van der Waals surface area contributed by atoms with Crippen molar-refractivity contribution in [1.82, 2.24) is 18.6 Å². The number of fused-ring (bicyclic) bond motifs is 2. The van der Waals surface area contributed by atoms with Crippen LogP contribution in [0.4, 0.5) is 4.39 Å². The smallest absolute Gasteiger partial charge is 0.263 e. The second-order valence-electron chi connectivity index (χ2n) is 7.21. The number of sulfonamides is 1. The summed E-state index contributed by atoms with van der Waals surface area (Å²) < 4.78 is 40.1. The van der Waals surface area contributed by atoms with Crippen LogP contribution in [0.2, 0.25) is 0 Å². The van der Waals surface area contributed by atoms with Gasteiger partial charge in [-0.25, -0.2) is 22.1 Å². The molecular formula is C20H19FN4O4S. The molecule has 0 saturated carbocycles. The Morgan fingerprint density at radius 3 is 2.50 bits per heavy atom. The molecule has 1 amide bonds. The van der Waals surface area contributed by atoms with E-state index in [1.54, 1.807) is 0 Å². The van der Waals surface area contributed by atoms with Crippen LogP contribution in [0, 0.1) is 5.82 Å². The van der Waals surface area contributed by atoms with E-state index < -0.39 is 21.4 Å². The molecule has 3 aromatic rings. The fourth-order valence-electron chi connectivity index (χ4n) is 3.41. The van der Waals surface area contributed by atoms with Gasteiger partial charge < -0.3 is 4.90 Å². The number of hydrogen-bond acceptors (Lipinski definition) is 5. The summed E-state index contributed by atoms with van der Waals surface area (Å²) in [6, 6.07) is 8.36. The van der Waals surface area contributed by atoms with E-state index in [1.165, 1.54) is 55.4 Å². The predicted octanol–water partition coefficient (Wildman–Crippen LogP) is 1.28. The summed E-state index contributed by atoms with van der Waals surface area (Å²) in [7, 11) is -0.724. The van der Waals surface area contributed by atoms with Crippen LogP contribution in [0.1, 0.15) is 21.6 Å². The number of carbonyl (C=O) groups excluding carboxylic acids is 1. The Hall–Kier alpha value is -3.11. The summed E-state index contributed by atoms with van der Waals surface area (Å²) in [4.78, 5) is 31.7. The van der Waals surface area contributed by atoms with Crippen molar-refractivity contribution in [2.24, 2.45) is 0 Å². The molecule has 0 atom stereocenters. The van der Waals surface area contributed by atoms with Crippen molar-refractivity contribution in [2.75, 3.05) is 20.6 Å². The normalized spacial score (nSPS) is 14.2. The van der Waals surface area contributed by atoms with Gasteiger partial charge in [-0.1, -0.05) is 0 Å². The summed E-state index contributed by atoms with van der Waals surface area (Å²) in [6.07, 6.45) is 1.48. The summed E-state index contributed by atoms with van der Waals surface area (Å²) in [5.74, 6) is -0.874. The van der Waals surface area contributed by atoms with Crippen molar-refractivity contribution >= 4 is 21.6 Å². The maximum Gasteiger partial charge on any atom is 0.263 e. The molecule has 3 heterocycles. The van der Waals surface area contributed by atoms with Gasteiger partial charge in [-0.3, -0.25) is 14.0 Å². The molecule has 0 unspecified atom stereocenters. The lowest BCUT2D eigenvalue weighted by molar-refractivity contribution is 0.0732. The lowest BCUT2D eigenvalue weighted by Crippen LogP contribution is -2.40. The van der Waals surface area contributed by atoms with Gasteiger partial charge in [-0.15, -0.1) is 0 Å². The van der Waals surface area contributed by atoms with Crippen molar-refractivity contribution in [3.05, 3.63) is 75.6 Å². The molecule has 4 rings (SSSR count). The second kappa shape index (κ2) is 7.29. The molecule has 1 aromatic carbocycles. The van der Waals surface area contributed by atoms with Gasteiger partial charge in [0.1, 0.15) is 11.5 Å². The molecule has 0 spiro atoms. The summed E-state index contributed by atoms with van der Waals surface area (Å²) in [5.41, 5.74) is 1.22. The van der Waals surface area contributed by atoms with Crippen molar-refractivity contribution in [1.29, 1.82) is 0 Å².